The molecule has 2 saturated heterocycles. The van der Waals surface area contributed by atoms with Crippen LogP contribution in [0.2, 0.25) is 0 Å². The van der Waals surface area contributed by atoms with Gasteiger partial charge in [0.15, 0.2) is 0 Å². The summed E-state index contributed by atoms with van der Waals surface area (Å²) in [6.45, 7) is 4.84. The highest BCUT2D eigenvalue weighted by Gasteiger charge is 2.39. The topological polar surface area (TPSA) is 69.7 Å². The lowest BCUT2D eigenvalue weighted by Gasteiger charge is -2.38. The van der Waals surface area contributed by atoms with E-state index in [0.29, 0.717) is 18.7 Å². The monoisotopic (exact) mass is 411 g/mol. The molecule has 1 saturated carbocycles. The molecule has 0 aromatic heterocycles. The van der Waals surface area contributed by atoms with Crippen LogP contribution < -0.4 is 5.32 Å². The SMILES string of the molecule is Cc1ccc(C(=O)N2CCC([C@H](NC(=O)C3CC3)C(=O)N3CCCCC3)CC2)cc1. The highest BCUT2D eigenvalue weighted by Crippen LogP contribution is 2.30. The molecule has 1 aromatic rings. The lowest BCUT2D eigenvalue weighted by molar-refractivity contribution is -0.139. The Morgan fingerprint density at radius 3 is 2.10 bits per heavy atom. The molecule has 1 atom stereocenters. The van der Waals surface area contributed by atoms with E-state index >= 15 is 0 Å². The summed E-state index contributed by atoms with van der Waals surface area (Å²) in [4.78, 5) is 42.4. The largest absolute Gasteiger partial charge is 0.344 e. The Kier molecular flexibility index (Phi) is 6.40. The summed E-state index contributed by atoms with van der Waals surface area (Å²) in [6, 6.07) is 7.22. The average molecular weight is 412 g/mol. The summed E-state index contributed by atoms with van der Waals surface area (Å²) in [5.74, 6) is 0.332. The maximum atomic E-state index is 13.3. The Morgan fingerprint density at radius 1 is 0.867 bits per heavy atom. The molecule has 2 heterocycles. The number of likely N-dealkylation sites (tertiary alicyclic amines) is 2. The van der Waals surface area contributed by atoms with Gasteiger partial charge in [-0.15, -0.1) is 0 Å². The van der Waals surface area contributed by atoms with Gasteiger partial charge in [0.05, 0.1) is 0 Å². The normalized spacial score (nSPS) is 21.2. The van der Waals surface area contributed by atoms with E-state index in [2.05, 4.69) is 5.32 Å². The van der Waals surface area contributed by atoms with Gasteiger partial charge in [0.1, 0.15) is 6.04 Å². The van der Waals surface area contributed by atoms with Crippen molar-refractivity contribution < 1.29 is 14.4 Å². The average Bonchev–Trinajstić information content (AvgIpc) is 3.63. The highest BCUT2D eigenvalue weighted by molar-refractivity contribution is 5.94. The predicted molar refractivity (Wildman–Crippen MR) is 115 cm³/mol. The fourth-order valence-corrected chi connectivity index (χ4v) is 4.62. The third kappa shape index (κ3) is 4.85. The molecule has 4 rings (SSSR count). The number of benzene rings is 1. The van der Waals surface area contributed by atoms with Crippen LogP contribution in [0.3, 0.4) is 0 Å². The van der Waals surface area contributed by atoms with Crippen LogP contribution in [-0.2, 0) is 9.59 Å². The molecule has 6 heteroatoms. The van der Waals surface area contributed by atoms with Crippen molar-refractivity contribution in [2.45, 2.75) is 57.9 Å². The van der Waals surface area contributed by atoms with Gasteiger partial charge in [-0.05, 0) is 69.9 Å². The van der Waals surface area contributed by atoms with Crippen molar-refractivity contribution in [2.75, 3.05) is 26.2 Å². The number of nitrogens with zero attached hydrogens (tertiary/aromatic N) is 2. The highest BCUT2D eigenvalue weighted by atomic mass is 16.2. The molecule has 3 fully saturated rings. The molecule has 162 valence electrons. The first-order valence-electron chi connectivity index (χ1n) is 11.5. The van der Waals surface area contributed by atoms with E-state index in [-0.39, 0.29) is 29.6 Å². The standard InChI is InChI=1S/C24H33N3O3/c1-17-5-7-20(8-6-17)23(29)27-15-11-18(12-16-27)21(25-22(28)19-9-10-19)24(30)26-13-3-2-4-14-26/h5-8,18-19,21H,2-4,9-16H2,1H3,(H,25,28)/t21-/m0/s1. The fraction of sp³-hybridized carbons (Fsp3) is 0.625. The molecule has 0 unspecified atom stereocenters. The summed E-state index contributed by atoms with van der Waals surface area (Å²) in [5, 5.41) is 3.09. The van der Waals surface area contributed by atoms with Gasteiger partial charge in [-0.3, -0.25) is 14.4 Å². The summed E-state index contributed by atoms with van der Waals surface area (Å²) >= 11 is 0. The van der Waals surface area contributed by atoms with Crippen LogP contribution in [0.1, 0.15) is 60.9 Å². The molecule has 6 nitrogen and oxygen atoms in total. The number of carbonyl (C=O) groups is 3. The summed E-state index contributed by atoms with van der Waals surface area (Å²) in [6.07, 6.45) is 6.60. The number of hydrogen-bond donors (Lipinski definition) is 1. The second kappa shape index (κ2) is 9.19. The summed E-state index contributed by atoms with van der Waals surface area (Å²) in [5.41, 5.74) is 1.85. The van der Waals surface area contributed by atoms with Crippen LogP contribution in [0.4, 0.5) is 0 Å². The number of hydrogen-bond acceptors (Lipinski definition) is 3. The molecule has 3 amide bonds. The third-order valence-electron chi connectivity index (χ3n) is 6.78. The number of nitrogens with one attached hydrogen (secondary N) is 1. The van der Waals surface area contributed by atoms with E-state index in [0.717, 1.165) is 57.2 Å². The van der Waals surface area contributed by atoms with Gasteiger partial charge in [-0.25, -0.2) is 0 Å². The van der Waals surface area contributed by atoms with Crippen molar-refractivity contribution >= 4 is 17.7 Å². The van der Waals surface area contributed by atoms with Gasteiger partial charge < -0.3 is 15.1 Å². The summed E-state index contributed by atoms with van der Waals surface area (Å²) in [7, 11) is 0. The van der Waals surface area contributed by atoms with Crippen LogP contribution in [0, 0.1) is 18.8 Å². The molecule has 2 aliphatic heterocycles. The Balaban J connectivity index is 1.40. The molecular weight excluding hydrogens is 378 g/mol. The van der Waals surface area contributed by atoms with Crippen molar-refractivity contribution in [3.8, 4) is 0 Å². The lowest BCUT2D eigenvalue weighted by Crippen LogP contribution is -2.55. The second-order valence-electron chi connectivity index (χ2n) is 9.14. The van der Waals surface area contributed by atoms with E-state index < -0.39 is 6.04 Å². The quantitative estimate of drug-likeness (QED) is 0.810. The van der Waals surface area contributed by atoms with Crippen LogP contribution in [0.5, 0.6) is 0 Å². The zero-order valence-corrected chi connectivity index (χ0v) is 17.9. The van der Waals surface area contributed by atoms with E-state index in [9.17, 15) is 14.4 Å². The van der Waals surface area contributed by atoms with Crippen molar-refractivity contribution in [3.63, 3.8) is 0 Å². The lowest BCUT2D eigenvalue weighted by atomic mass is 9.87. The molecule has 1 aromatic carbocycles. The van der Waals surface area contributed by atoms with Crippen LogP contribution in [0.15, 0.2) is 24.3 Å². The third-order valence-corrected chi connectivity index (χ3v) is 6.78. The number of rotatable bonds is 5. The molecule has 30 heavy (non-hydrogen) atoms. The smallest absolute Gasteiger partial charge is 0.253 e. The van der Waals surface area contributed by atoms with E-state index in [1.54, 1.807) is 0 Å². The van der Waals surface area contributed by atoms with Gasteiger partial charge >= 0.3 is 0 Å². The second-order valence-corrected chi connectivity index (χ2v) is 9.14. The van der Waals surface area contributed by atoms with Gasteiger partial charge in [0.2, 0.25) is 11.8 Å². The predicted octanol–water partition coefficient (Wildman–Crippen LogP) is 2.75. The Morgan fingerprint density at radius 2 is 1.50 bits per heavy atom. The number of amides is 3. The minimum absolute atomic E-state index is 0.0310. The Hall–Kier alpha value is -2.37. The molecule has 0 spiro atoms. The van der Waals surface area contributed by atoms with Crippen molar-refractivity contribution in [3.05, 3.63) is 35.4 Å². The molecule has 0 bridgehead atoms. The van der Waals surface area contributed by atoms with Gasteiger partial charge in [0.25, 0.3) is 5.91 Å². The molecular formula is C24H33N3O3. The molecule has 1 N–H and O–H groups in total. The van der Waals surface area contributed by atoms with E-state index in [4.69, 9.17) is 0 Å². The van der Waals surface area contributed by atoms with Crippen LogP contribution in [-0.4, -0.2) is 59.7 Å². The first-order chi connectivity index (χ1) is 14.5. The van der Waals surface area contributed by atoms with Crippen molar-refractivity contribution in [2.24, 2.45) is 11.8 Å². The number of aryl methyl sites for hydroxylation is 1. The Labute approximate surface area is 179 Å². The fourth-order valence-electron chi connectivity index (χ4n) is 4.62. The van der Waals surface area contributed by atoms with Gasteiger partial charge in [-0.2, -0.15) is 0 Å². The zero-order valence-electron chi connectivity index (χ0n) is 17.9. The minimum atomic E-state index is -0.451. The first-order valence-corrected chi connectivity index (χ1v) is 11.5. The first kappa shape index (κ1) is 20.9. The zero-order chi connectivity index (χ0) is 21.1. The van der Waals surface area contributed by atoms with Gasteiger partial charge in [0, 0.05) is 37.7 Å². The van der Waals surface area contributed by atoms with Gasteiger partial charge in [-0.1, -0.05) is 17.7 Å². The maximum absolute atomic E-state index is 13.3. The van der Waals surface area contributed by atoms with Crippen molar-refractivity contribution in [1.29, 1.82) is 0 Å². The van der Waals surface area contributed by atoms with Crippen molar-refractivity contribution in [1.82, 2.24) is 15.1 Å². The summed E-state index contributed by atoms with van der Waals surface area (Å²) < 4.78 is 0. The minimum Gasteiger partial charge on any atom is -0.344 e. The van der Waals surface area contributed by atoms with Crippen LogP contribution >= 0.6 is 0 Å². The van der Waals surface area contributed by atoms with E-state index in [1.165, 1.54) is 6.42 Å². The molecule has 0 radical (unpaired) electrons. The number of piperidine rings is 2. The Bertz CT molecular complexity index is 773. The van der Waals surface area contributed by atoms with E-state index in [1.807, 2.05) is 41.0 Å². The van der Waals surface area contributed by atoms with Crippen LogP contribution in [0.25, 0.3) is 0 Å². The molecule has 1 aliphatic carbocycles. The maximum Gasteiger partial charge on any atom is 0.253 e. The molecule has 3 aliphatic rings. The number of carbonyl (C=O) groups excluding carboxylic acids is 3.